The Morgan fingerprint density at radius 3 is 2.40 bits per heavy atom. The van der Waals surface area contributed by atoms with Crippen molar-refractivity contribution in [1.82, 2.24) is 19.9 Å². The third-order valence-corrected chi connectivity index (χ3v) is 5.65. The minimum atomic E-state index is -0.214. The third kappa shape index (κ3) is 1.63. The molecule has 5 nitrogen and oxygen atoms in total. The van der Waals surface area contributed by atoms with Crippen LogP contribution in [0.5, 0.6) is 0 Å². The van der Waals surface area contributed by atoms with Gasteiger partial charge in [-0.05, 0) is 45.4 Å². The standard InChI is InChI=1S/C20H19N5/c1-19(2)12-5-8-23-18-16(12)25(15-10-22-11-24-17(15)19)14-6-7-21-9-13(14)20(18,3)4/h5-11H,1-4H3. The predicted molar refractivity (Wildman–Crippen MR) is 96.6 cm³/mol. The van der Waals surface area contributed by atoms with E-state index < -0.39 is 0 Å². The highest BCUT2D eigenvalue weighted by Gasteiger charge is 2.46. The van der Waals surface area contributed by atoms with Gasteiger partial charge in [-0.3, -0.25) is 9.97 Å². The predicted octanol–water partition coefficient (Wildman–Crippen LogP) is 4.02. The summed E-state index contributed by atoms with van der Waals surface area (Å²) in [5, 5.41) is 0. The average molecular weight is 329 g/mol. The quantitative estimate of drug-likeness (QED) is 0.623. The summed E-state index contributed by atoms with van der Waals surface area (Å²) in [7, 11) is 0. The van der Waals surface area contributed by atoms with Gasteiger partial charge in [0.05, 0.1) is 34.6 Å². The molecule has 25 heavy (non-hydrogen) atoms. The van der Waals surface area contributed by atoms with Crippen molar-refractivity contribution in [2.45, 2.75) is 38.5 Å². The molecule has 3 aromatic rings. The molecule has 0 N–H and O–H groups in total. The monoisotopic (exact) mass is 329 g/mol. The molecule has 0 radical (unpaired) electrons. The van der Waals surface area contributed by atoms with Gasteiger partial charge in [0.1, 0.15) is 6.33 Å². The maximum absolute atomic E-state index is 4.79. The van der Waals surface area contributed by atoms with Gasteiger partial charge in [-0.25, -0.2) is 9.97 Å². The Morgan fingerprint density at radius 2 is 1.56 bits per heavy atom. The molecule has 0 spiro atoms. The van der Waals surface area contributed by atoms with Crippen molar-refractivity contribution in [3.05, 3.63) is 65.8 Å². The lowest BCUT2D eigenvalue weighted by Gasteiger charge is -2.47. The van der Waals surface area contributed by atoms with Crippen molar-refractivity contribution in [1.29, 1.82) is 0 Å². The van der Waals surface area contributed by atoms with E-state index in [9.17, 15) is 0 Å². The molecule has 0 unspecified atom stereocenters. The Balaban J connectivity index is 1.97. The van der Waals surface area contributed by atoms with E-state index in [0.29, 0.717) is 0 Å². The van der Waals surface area contributed by atoms with Gasteiger partial charge in [-0.2, -0.15) is 0 Å². The number of fused-ring (bicyclic) bond motifs is 4. The molecule has 0 saturated carbocycles. The van der Waals surface area contributed by atoms with Gasteiger partial charge < -0.3 is 4.90 Å². The summed E-state index contributed by atoms with van der Waals surface area (Å²) in [4.78, 5) is 20.4. The van der Waals surface area contributed by atoms with Crippen molar-refractivity contribution in [2.75, 3.05) is 4.90 Å². The molecule has 5 rings (SSSR count). The van der Waals surface area contributed by atoms with Crippen molar-refractivity contribution >= 4 is 17.1 Å². The SMILES string of the molecule is CC1(C)c2ccnc3c2N(c2ccncc2C3(C)C)c2cncnc21. The molecule has 124 valence electrons. The Morgan fingerprint density at radius 1 is 0.760 bits per heavy atom. The zero-order valence-corrected chi connectivity index (χ0v) is 14.8. The van der Waals surface area contributed by atoms with Crippen LogP contribution in [0.4, 0.5) is 17.1 Å². The van der Waals surface area contributed by atoms with Crippen molar-refractivity contribution in [3.8, 4) is 0 Å². The van der Waals surface area contributed by atoms with Gasteiger partial charge in [-0.15, -0.1) is 0 Å². The topological polar surface area (TPSA) is 54.8 Å². The Bertz CT molecular complexity index is 944. The normalized spacial score (nSPS) is 18.2. The second-order valence-electron chi connectivity index (χ2n) is 7.79. The number of aromatic nitrogens is 4. The number of pyridine rings is 2. The Labute approximate surface area is 146 Å². The molecule has 2 aliphatic rings. The first-order valence-corrected chi connectivity index (χ1v) is 8.49. The van der Waals surface area contributed by atoms with E-state index in [2.05, 4.69) is 59.7 Å². The van der Waals surface area contributed by atoms with Gasteiger partial charge in [0, 0.05) is 35.0 Å². The average Bonchev–Trinajstić information content (AvgIpc) is 2.61. The van der Waals surface area contributed by atoms with E-state index in [4.69, 9.17) is 4.98 Å². The van der Waals surface area contributed by atoms with E-state index in [1.54, 1.807) is 6.33 Å². The maximum atomic E-state index is 4.79. The smallest absolute Gasteiger partial charge is 0.115 e. The van der Waals surface area contributed by atoms with Crippen LogP contribution >= 0.6 is 0 Å². The highest BCUT2D eigenvalue weighted by molar-refractivity contribution is 5.90. The minimum Gasteiger partial charge on any atom is -0.305 e. The van der Waals surface area contributed by atoms with Crippen LogP contribution in [0, 0.1) is 0 Å². The Kier molecular flexibility index (Phi) is 2.57. The number of hydrogen-bond acceptors (Lipinski definition) is 5. The fraction of sp³-hybridized carbons (Fsp3) is 0.300. The summed E-state index contributed by atoms with van der Waals surface area (Å²) < 4.78 is 0. The van der Waals surface area contributed by atoms with Crippen LogP contribution < -0.4 is 4.90 Å². The van der Waals surface area contributed by atoms with Crippen molar-refractivity contribution in [2.24, 2.45) is 0 Å². The van der Waals surface area contributed by atoms with Gasteiger partial charge in [0.15, 0.2) is 0 Å². The molecule has 0 saturated heterocycles. The van der Waals surface area contributed by atoms with Gasteiger partial charge in [0.25, 0.3) is 0 Å². The number of nitrogens with zero attached hydrogens (tertiary/aromatic N) is 5. The third-order valence-electron chi connectivity index (χ3n) is 5.65. The van der Waals surface area contributed by atoms with Crippen molar-refractivity contribution in [3.63, 3.8) is 0 Å². The zero-order chi connectivity index (χ0) is 17.4. The highest BCUT2D eigenvalue weighted by atomic mass is 15.2. The summed E-state index contributed by atoms with van der Waals surface area (Å²) in [5.41, 5.74) is 7.43. The van der Waals surface area contributed by atoms with Crippen LogP contribution in [0.1, 0.15) is 50.2 Å². The van der Waals surface area contributed by atoms with Crippen LogP contribution in [0.25, 0.3) is 0 Å². The van der Waals surface area contributed by atoms with Crippen LogP contribution in [0.2, 0.25) is 0 Å². The summed E-state index contributed by atoms with van der Waals surface area (Å²) in [5.74, 6) is 0. The lowest BCUT2D eigenvalue weighted by molar-refractivity contribution is 0.568. The van der Waals surface area contributed by atoms with Crippen LogP contribution in [-0.2, 0) is 10.8 Å². The summed E-state index contributed by atoms with van der Waals surface area (Å²) >= 11 is 0. The first-order chi connectivity index (χ1) is 11.9. The molecule has 5 heteroatoms. The molecule has 0 amide bonds. The number of rotatable bonds is 0. The van der Waals surface area contributed by atoms with Gasteiger partial charge in [0.2, 0.25) is 0 Å². The summed E-state index contributed by atoms with van der Waals surface area (Å²) in [6.07, 6.45) is 9.26. The van der Waals surface area contributed by atoms with Crippen LogP contribution in [0.3, 0.4) is 0 Å². The van der Waals surface area contributed by atoms with Crippen molar-refractivity contribution < 1.29 is 0 Å². The molecule has 0 aromatic carbocycles. The van der Waals surface area contributed by atoms with Crippen LogP contribution in [0.15, 0.2) is 43.2 Å². The fourth-order valence-corrected chi connectivity index (χ4v) is 4.30. The second-order valence-corrected chi connectivity index (χ2v) is 7.79. The summed E-state index contributed by atoms with van der Waals surface area (Å²) in [6, 6.07) is 4.20. The summed E-state index contributed by atoms with van der Waals surface area (Å²) in [6.45, 7) is 8.89. The minimum absolute atomic E-state index is 0.206. The van der Waals surface area contributed by atoms with Gasteiger partial charge in [-0.1, -0.05) is 0 Å². The van der Waals surface area contributed by atoms with E-state index in [0.717, 1.165) is 22.8 Å². The molecule has 0 fully saturated rings. The largest absolute Gasteiger partial charge is 0.305 e. The number of hydrogen-bond donors (Lipinski definition) is 0. The highest BCUT2D eigenvalue weighted by Crippen LogP contribution is 2.58. The second kappa shape index (κ2) is 4.42. The molecule has 2 aliphatic heterocycles. The molecule has 0 atom stereocenters. The first kappa shape index (κ1) is 14.5. The molecular formula is C20H19N5. The molecular weight excluding hydrogens is 310 g/mol. The molecule has 0 bridgehead atoms. The zero-order valence-electron chi connectivity index (χ0n) is 14.8. The lowest BCUT2D eigenvalue weighted by Crippen LogP contribution is -2.39. The van der Waals surface area contributed by atoms with E-state index in [1.165, 1.54) is 16.8 Å². The maximum Gasteiger partial charge on any atom is 0.115 e. The molecule has 5 heterocycles. The molecule has 0 aliphatic carbocycles. The number of anilines is 3. The van der Waals surface area contributed by atoms with E-state index in [-0.39, 0.29) is 10.8 Å². The van der Waals surface area contributed by atoms with E-state index in [1.807, 2.05) is 24.8 Å². The lowest BCUT2D eigenvalue weighted by atomic mass is 9.70. The molecule has 3 aromatic heterocycles. The van der Waals surface area contributed by atoms with E-state index >= 15 is 0 Å². The fourth-order valence-electron chi connectivity index (χ4n) is 4.30. The first-order valence-electron chi connectivity index (χ1n) is 8.49. The Hall–Kier alpha value is -2.82. The van der Waals surface area contributed by atoms with Gasteiger partial charge >= 0.3 is 0 Å². The van der Waals surface area contributed by atoms with Crippen LogP contribution in [-0.4, -0.2) is 19.9 Å².